The minimum Gasteiger partial charge on any atom is -0.317 e. The van der Waals surface area contributed by atoms with E-state index in [-0.39, 0.29) is 0 Å². The minimum absolute atomic E-state index is 0.356. The van der Waals surface area contributed by atoms with Gasteiger partial charge in [-0.15, -0.1) is 0 Å². The molecule has 116 valence electrons. The summed E-state index contributed by atoms with van der Waals surface area (Å²) >= 11 is 1.74. The summed E-state index contributed by atoms with van der Waals surface area (Å²) in [7, 11) is 1.94. The zero-order valence-corrected chi connectivity index (χ0v) is 14.9. The Morgan fingerprint density at radius 2 is 1.42 bits per heavy atom. The van der Waals surface area contributed by atoms with Crippen LogP contribution in [-0.4, -0.2) is 24.9 Å². The monoisotopic (exact) mass is 288 g/mol. The SMILES string of the molecule is C1CCC2(C1)CCNCC2.CC.CNSC(C)(C)C. The molecular weight excluding hydrogens is 252 g/mol. The summed E-state index contributed by atoms with van der Waals surface area (Å²) < 4.78 is 3.38. The molecule has 0 aromatic heterocycles. The van der Waals surface area contributed by atoms with Gasteiger partial charge in [-0.05, 0) is 72.0 Å². The summed E-state index contributed by atoms with van der Waals surface area (Å²) in [6.45, 7) is 13.1. The Morgan fingerprint density at radius 1 is 0.947 bits per heavy atom. The lowest BCUT2D eigenvalue weighted by Crippen LogP contribution is -2.34. The first-order chi connectivity index (χ1) is 8.97. The highest BCUT2D eigenvalue weighted by Gasteiger charge is 2.34. The first kappa shape index (κ1) is 19.3. The van der Waals surface area contributed by atoms with Crippen molar-refractivity contribution >= 4 is 11.9 Å². The highest BCUT2D eigenvalue weighted by molar-refractivity contribution is 7.98. The van der Waals surface area contributed by atoms with E-state index in [9.17, 15) is 0 Å². The molecule has 3 heteroatoms. The van der Waals surface area contributed by atoms with Gasteiger partial charge in [0.2, 0.25) is 0 Å². The predicted octanol–water partition coefficient (Wildman–Crippen LogP) is 4.61. The predicted molar refractivity (Wildman–Crippen MR) is 90.8 cm³/mol. The molecule has 0 bridgehead atoms. The third-order valence-corrected chi connectivity index (χ3v) is 4.55. The van der Waals surface area contributed by atoms with Gasteiger partial charge in [0, 0.05) is 4.75 Å². The maximum atomic E-state index is 3.44. The van der Waals surface area contributed by atoms with Crippen LogP contribution in [0.3, 0.4) is 0 Å². The van der Waals surface area contributed by atoms with Gasteiger partial charge >= 0.3 is 0 Å². The molecule has 1 aliphatic carbocycles. The van der Waals surface area contributed by atoms with E-state index < -0.39 is 0 Å². The van der Waals surface area contributed by atoms with Crippen LogP contribution in [0.25, 0.3) is 0 Å². The van der Waals surface area contributed by atoms with Gasteiger partial charge in [-0.2, -0.15) is 0 Å². The second-order valence-electron chi connectivity index (χ2n) is 6.38. The summed E-state index contributed by atoms with van der Waals surface area (Å²) in [6.07, 6.45) is 8.95. The molecule has 0 radical (unpaired) electrons. The van der Waals surface area contributed by atoms with Crippen molar-refractivity contribution in [3.8, 4) is 0 Å². The topological polar surface area (TPSA) is 24.1 Å². The molecule has 0 aromatic rings. The lowest BCUT2D eigenvalue weighted by atomic mass is 9.78. The molecule has 2 aliphatic rings. The molecule has 1 saturated heterocycles. The molecule has 1 spiro atoms. The number of rotatable bonds is 1. The maximum absolute atomic E-state index is 3.44. The first-order valence-electron chi connectivity index (χ1n) is 8.03. The summed E-state index contributed by atoms with van der Waals surface area (Å²) in [4.78, 5) is 0. The molecule has 0 atom stereocenters. The van der Waals surface area contributed by atoms with Gasteiger partial charge in [0.1, 0.15) is 0 Å². The summed E-state index contributed by atoms with van der Waals surface area (Å²) in [6, 6.07) is 0. The van der Waals surface area contributed by atoms with Crippen LogP contribution < -0.4 is 10.0 Å². The van der Waals surface area contributed by atoms with Crippen molar-refractivity contribution in [2.24, 2.45) is 5.41 Å². The Kier molecular flexibility index (Phi) is 10.2. The fourth-order valence-electron chi connectivity index (χ4n) is 2.89. The Morgan fingerprint density at radius 3 is 1.74 bits per heavy atom. The van der Waals surface area contributed by atoms with Crippen LogP contribution in [0.1, 0.15) is 73.1 Å². The van der Waals surface area contributed by atoms with E-state index in [1.807, 2.05) is 20.9 Å². The van der Waals surface area contributed by atoms with E-state index in [0.717, 1.165) is 5.41 Å². The van der Waals surface area contributed by atoms with Crippen LogP contribution in [0.4, 0.5) is 0 Å². The molecule has 0 unspecified atom stereocenters. The zero-order chi connectivity index (χ0) is 14.8. The molecule has 1 heterocycles. The Bertz CT molecular complexity index is 197. The molecular formula is C16H36N2S. The van der Waals surface area contributed by atoms with Crippen LogP contribution in [0.5, 0.6) is 0 Å². The Balaban J connectivity index is 0.000000321. The van der Waals surface area contributed by atoms with Crippen LogP contribution in [0.15, 0.2) is 0 Å². The highest BCUT2D eigenvalue weighted by Crippen LogP contribution is 2.44. The molecule has 2 fully saturated rings. The first-order valence-corrected chi connectivity index (χ1v) is 8.85. The van der Waals surface area contributed by atoms with Crippen molar-refractivity contribution in [2.45, 2.75) is 77.9 Å². The highest BCUT2D eigenvalue weighted by atomic mass is 32.2. The third kappa shape index (κ3) is 8.93. The second kappa shape index (κ2) is 10.1. The van der Waals surface area contributed by atoms with Gasteiger partial charge in [0.05, 0.1) is 0 Å². The van der Waals surface area contributed by atoms with E-state index in [1.165, 1.54) is 51.6 Å². The molecule has 1 saturated carbocycles. The van der Waals surface area contributed by atoms with Gasteiger partial charge in [0.15, 0.2) is 0 Å². The average molecular weight is 289 g/mol. The van der Waals surface area contributed by atoms with Gasteiger partial charge in [0.25, 0.3) is 0 Å². The molecule has 1 aliphatic heterocycles. The Hall–Kier alpha value is 0.270. The molecule has 0 aromatic carbocycles. The molecule has 2 rings (SSSR count). The molecule has 2 nitrogen and oxygen atoms in total. The normalized spacial score (nSPS) is 21.2. The lowest BCUT2D eigenvalue weighted by Gasteiger charge is -2.33. The summed E-state index contributed by atoms with van der Waals surface area (Å²) in [5, 5.41) is 3.44. The van der Waals surface area contributed by atoms with E-state index in [1.54, 1.807) is 11.9 Å². The van der Waals surface area contributed by atoms with Crippen LogP contribution in [0.2, 0.25) is 0 Å². The lowest BCUT2D eigenvalue weighted by molar-refractivity contribution is 0.210. The van der Waals surface area contributed by atoms with E-state index in [0.29, 0.717) is 4.75 Å². The van der Waals surface area contributed by atoms with E-state index >= 15 is 0 Å². The van der Waals surface area contributed by atoms with Gasteiger partial charge in [-0.3, -0.25) is 4.72 Å². The van der Waals surface area contributed by atoms with Gasteiger partial charge < -0.3 is 5.32 Å². The second-order valence-corrected chi connectivity index (χ2v) is 8.21. The van der Waals surface area contributed by atoms with Gasteiger partial charge in [-0.1, -0.05) is 38.6 Å². The number of hydrogen-bond donors (Lipinski definition) is 2. The molecule has 2 N–H and O–H groups in total. The maximum Gasteiger partial charge on any atom is 0.0220 e. The standard InChI is InChI=1S/C9H17N.C5H13NS.C2H6/c1-2-4-9(3-1)5-7-10-8-6-9;1-5(2,3)7-6-4;1-2/h10H,1-8H2;6H,1-4H3;1-2H3. The molecule has 0 amide bonds. The zero-order valence-electron chi connectivity index (χ0n) is 14.1. The van der Waals surface area contributed by atoms with Crippen LogP contribution in [0, 0.1) is 5.41 Å². The van der Waals surface area contributed by atoms with Crippen molar-refractivity contribution in [3.05, 3.63) is 0 Å². The minimum atomic E-state index is 0.356. The number of hydrogen-bond acceptors (Lipinski definition) is 3. The van der Waals surface area contributed by atoms with E-state index in [4.69, 9.17) is 0 Å². The fourth-order valence-corrected chi connectivity index (χ4v) is 3.50. The number of nitrogens with one attached hydrogen (secondary N) is 2. The average Bonchev–Trinajstić information content (AvgIpc) is 2.80. The smallest absolute Gasteiger partial charge is 0.0220 e. The summed E-state index contributed by atoms with van der Waals surface area (Å²) in [5.41, 5.74) is 0.811. The van der Waals surface area contributed by atoms with Crippen molar-refractivity contribution < 1.29 is 0 Å². The quantitative estimate of drug-likeness (QED) is 0.689. The van der Waals surface area contributed by atoms with Gasteiger partial charge in [-0.25, -0.2) is 0 Å². The largest absolute Gasteiger partial charge is 0.317 e. The van der Waals surface area contributed by atoms with Crippen molar-refractivity contribution in [1.29, 1.82) is 0 Å². The van der Waals surface area contributed by atoms with Crippen molar-refractivity contribution in [2.75, 3.05) is 20.1 Å². The molecule has 19 heavy (non-hydrogen) atoms. The van der Waals surface area contributed by atoms with Crippen LogP contribution >= 0.6 is 11.9 Å². The van der Waals surface area contributed by atoms with Crippen molar-refractivity contribution in [3.63, 3.8) is 0 Å². The summed E-state index contributed by atoms with van der Waals surface area (Å²) in [5.74, 6) is 0. The van der Waals surface area contributed by atoms with Crippen LogP contribution in [-0.2, 0) is 0 Å². The Labute approximate surface area is 126 Å². The van der Waals surface area contributed by atoms with Crippen molar-refractivity contribution in [1.82, 2.24) is 10.0 Å². The fraction of sp³-hybridized carbons (Fsp3) is 1.00. The third-order valence-electron chi connectivity index (χ3n) is 3.74. The van der Waals surface area contributed by atoms with E-state index in [2.05, 4.69) is 30.8 Å². The number of piperidine rings is 1.